The number of aryl methyl sites for hydroxylation is 2. The summed E-state index contributed by atoms with van der Waals surface area (Å²) in [5.41, 5.74) is 2.00. The van der Waals surface area contributed by atoms with Crippen molar-refractivity contribution in [2.45, 2.75) is 20.4 Å². The van der Waals surface area contributed by atoms with Crippen LogP contribution >= 0.6 is 11.3 Å². The van der Waals surface area contributed by atoms with E-state index in [0.29, 0.717) is 15.3 Å². The van der Waals surface area contributed by atoms with Gasteiger partial charge >= 0.3 is 0 Å². The molecule has 7 heteroatoms. The zero-order chi connectivity index (χ0) is 16.6. The molecule has 3 rings (SSSR count). The van der Waals surface area contributed by atoms with Crippen LogP contribution < -0.4 is 10.7 Å². The number of hydrogen-bond acceptors (Lipinski definition) is 4. The number of pyridine rings is 1. The van der Waals surface area contributed by atoms with Crippen LogP contribution in [0.25, 0.3) is 10.2 Å². The zero-order valence-corrected chi connectivity index (χ0v) is 13.4. The summed E-state index contributed by atoms with van der Waals surface area (Å²) in [5.74, 6) is -0.585. The second-order valence-corrected chi connectivity index (χ2v) is 6.27. The molecule has 0 unspecified atom stereocenters. The van der Waals surface area contributed by atoms with Crippen molar-refractivity contribution in [3.8, 4) is 0 Å². The van der Waals surface area contributed by atoms with Crippen LogP contribution in [0.2, 0.25) is 0 Å². The summed E-state index contributed by atoms with van der Waals surface area (Å²) >= 11 is 1.22. The summed E-state index contributed by atoms with van der Waals surface area (Å²) in [7, 11) is 0. The number of carbonyl (C=O) groups is 1. The lowest BCUT2D eigenvalue weighted by molar-refractivity contribution is -0.116. The van der Waals surface area contributed by atoms with E-state index in [2.05, 4.69) is 10.3 Å². The van der Waals surface area contributed by atoms with Gasteiger partial charge in [0.25, 0.3) is 0 Å². The normalized spacial score (nSPS) is 10.9. The van der Waals surface area contributed by atoms with E-state index in [4.69, 9.17) is 0 Å². The fraction of sp³-hybridized carbons (Fsp3) is 0.188. The number of amides is 1. The van der Waals surface area contributed by atoms with Gasteiger partial charge in [0.1, 0.15) is 12.4 Å². The average Bonchev–Trinajstić information content (AvgIpc) is 2.84. The number of nitrogens with one attached hydrogen (secondary N) is 1. The molecule has 0 aliphatic heterocycles. The molecule has 0 aliphatic carbocycles. The van der Waals surface area contributed by atoms with E-state index in [-0.39, 0.29) is 23.7 Å². The summed E-state index contributed by atoms with van der Waals surface area (Å²) < 4.78 is 15.6. The van der Waals surface area contributed by atoms with E-state index < -0.39 is 0 Å². The summed E-state index contributed by atoms with van der Waals surface area (Å²) in [6, 6.07) is 7.27. The minimum atomic E-state index is -0.335. The van der Waals surface area contributed by atoms with E-state index in [1.807, 2.05) is 0 Å². The molecule has 0 bridgehead atoms. The van der Waals surface area contributed by atoms with Gasteiger partial charge < -0.3 is 9.88 Å². The number of halogens is 1. The highest BCUT2D eigenvalue weighted by Crippen LogP contribution is 2.26. The van der Waals surface area contributed by atoms with Crippen LogP contribution in [0.4, 0.5) is 9.52 Å². The lowest BCUT2D eigenvalue weighted by atomic mass is 10.3. The summed E-state index contributed by atoms with van der Waals surface area (Å²) in [6.07, 6.45) is 0. The topological polar surface area (TPSA) is 64.0 Å². The molecule has 1 aromatic carbocycles. The molecule has 1 amide bonds. The Bertz CT molecular complexity index is 935. The van der Waals surface area contributed by atoms with Crippen LogP contribution in [0.5, 0.6) is 0 Å². The predicted molar refractivity (Wildman–Crippen MR) is 88.4 cm³/mol. The zero-order valence-electron chi connectivity index (χ0n) is 12.6. The van der Waals surface area contributed by atoms with Crippen LogP contribution in [0.15, 0.2) is 35.1 Å². The van der Waals surface area contributed by atoms with E-state index in [9.17, 15) is 14.0 Å². The maximum absolute atomic E-state index is 13.2. The summed E-state index contributed by atoms with van der Waals surface area (Å²) in [5, 5.41) is 3.14. The van der Waals surface area contributed by atoms with E-state index in [1.165, 1.54) is 35.6 Å². The molecular formula is C16H14FN3O2S. The minimum absolute atomic E-state index is 0.0788. The Balaban J connectivity index is 1.80. The molecule has 23 heavy (non-hydrogen) atoms. The van der Waals surface area contributed by atoms with Gasteiger partial charge in [-0.05, 0) is 32.0 Å². The number of nitrogens with zero attached hydrogens (tertiary/aromatic N) is 2. The first-order valence-electron chi connectivity index (χ1n) is 6.96. The van der Waals surface area contributed by atoms with Gasteiger partial charge in [0.05, 0.1) is 10.2 Å². The molecule has 0 atom stereocenters. The Kier molecular flexibility index (Phi) is 3.96. The maximum atomic E-state index is 13.2. The Morgan fingerprint density at radius 1 is 1.26 bits per heavy atom. The van der Waals surface area contributed by atoms with Crippen LogP contribution in [0, 0.1) is 19.7 Å². The van der Waals surface area contributed by atoms with Gasteiger partial charge in [-0.25, -0.2) is 9.37 Å². The fourth-order valence-corrected chi connectivity index (χ4v) is 3.30. The number of carbonyl (C=O) groups excluding carboxylic acids is 1. The van der Waals surface area contributed by atoms with Crippen LogP contribution in [0.1, 0.15) is 11.4 Å². The van der Waals surface area contributed by atoms with Crippen LogP contribution in [0.3, 0.4) is 0 Å². The van der Waals surface area contributed by atoms with Gasteiger partial charge in [-0.3, -0.25) is 9.59 Å². The van der Waals surface area contributed by atoms with Crippen molar-refractivity contribution in [2.24, 2.45) is 0 Å². The molecular weight excluding hydrogens is 317 g/mol. The molecule has 1 N–H and O–H groups in total. The quantitative estimate of drug-likeness (QED) is 0.803. The third kappa shape index (κ3) is 3.29. The highest BCUT2D eigenvalue weighted by atomic mass is 32.1. The van der Waals surface area contributed by atoms with Crippen molar-refractivity contribution in [1.29, 1.82) is 0 Å². The standard InChI is InChI=1S/C16H14FN3O2S/c1-9-5-12(21)6-10(2)20(9)8-15(22)19-16-18-13-4-3-11(17)7-14(13)23-16/h3-7H,8H2,1-2H3,(H,18,19,22). The molecule has 0 radical (unpaired) electrons. The van der Waals surface area contributed by atoms with Gasteiger partial charge in [-0.1, -0.05) is 11.3 Å². The summed E-state index contributed by atoms with van der Waals surface area (Å²) in [4.78, 5) is 27.9. The number of aromatic nitrogens is 2. The SMILES string of the molecule is Cc1cc(=O)cc(C)n1CC(=O)Nc1nc2ccc(F)cc2s1. The minimum Gasteiger partial charge on any atom is -0.340 e. The Hall–Kier alpha value is -2.54. The van der Waals surface area contributed by atoms with Gasteiger partial charge in [0.15, 0.2) is 10.6 Å². The molecule has 5 nitrogen and oxygen atoms in total. The first kappa shape index (κ1) is 15.4. The monoisotopic (exact) mass is 331 g/mol. The van der Waals surface area contributed by atoms with Gasteiger partial charge in [-0.2, -0.15) is 0 Å². The predicted octanol–water partition coefficient (Wildman–Crippen LogP) is 2.85. The van der Waals surface area contributed by atoms with Crippen LogP contribution in [-0.2, 0) is 11.3 Å². The summed E-state index contributed by atoms with van der Waals surface area (Å²) in [6.45, 7) is 3.65. The Labute approximate surface area is 135 Å². The molecule has 0 fully saturated rings. The molecule has 2 aromatic heterocycles. The largest absolute Gasteiger partial charge is 0.340 e. The number of benzene rings is 1. The van der Waals surface area contributed by atoms with Gasteiger partial charge in [0, 0.05) is 23.5 Å². The second kappa shape index (κ2) is 5.92. The van der Waals surface area contributed by atoms with Crippen molar-refractivity contribution in [2.75, 3.05) is 5.32 Å². The van der Waals surface area contributed by atoms with E-state index >= 15 is 0 Å². The third-order valence-corrected chi connectivity index (χ3v) is 4.39. The molecule has 0 saturated heterocycles. The first-order chi connectivity index (χ1) is 10.9. The lowest BCUT2D eigenvalue weighted by Gasteiger charge is -2.13. The van der Waals surface area contributed by atoms with Gasteiger partial charge in [0.2, 0.25) is 5.91 Å². The number of thiazole rings is 1. The molecule has 0 aliphatic rings. The molecule has 118 valence electrons. The third-order valence-electron chi connectivity index (χ3n) is 3.45. The van der Waals surface area contributed by atoms with Crippen molar-refractivity contribution in [3.63, 3.8) is 0 Å². The number of hydrogen-bond donors (Lipinski definition) is 1. The average molecular weight is 331 g/mol. The highest BCUT2D eigenvalue weighted by Gasteiger charge is 2.11. The first-order valence-corrected chi connectivity index (χ1v) is 7.78. The number of rotatable bonds is 3. The number of anilines is 1. The molecule has 0 spiro atoms. The van der Waals surface area contributed by atoms with Crippen molar-refractivity contribution in [3.05, 3.63) is 57.8 Å². The lowest BCUT2D eigenvalue weighted by Crippen LogP contribution is -2.23. The highest BCUT2D eigenvalue weighted by molar-refractivity contribution is 7.22. The smallest absolute Gasteiger partial charge is 0.246 e. The van der Waals surface area contributed by atoms with Crippen molar-refractivity contribution < 1.29 is 9.18 Å². The number of fused-ring (bicyclic) bond motifs is 1. The fourth-order valence-electron chi connectivity index (χ4n) is 2.39. The Morgan fingerprint density at radius 3 is 2.65 bits per heavy atom. The maximum Gasteiger partial charge on any atom is 0.246 e. The molecule has 3 aromatic rings. The molecule has 0 saturated carbocycles. The van der Waals surface area contributed by atoms with Crippen molar-refractivity contribution >= 4 is 32.6 Å². The Morgan fingerprint density at radius 2 is 1.96 bits per heavy atom. The van der Waals surface area contributed by atoms with E-state index in [1.54, 1.807) is 24.5 Å². The van der Waals surface area contributed by atoms with Crippen molar-refractivity contribution in [1.82, 2.24) is 9.55 Å². The molecule has 2 heterocycles. The second-order valence-electron chi connectivity index (χ2n) is 5.24. The van der Waals surface area contributed by atoms with E-state index in [0.717, 1.165) is 11.4 Å². The van der Waals surface area contributed by atoms with Crippen LogP contribution in [-0.4, -0.2) is 15.5 Å². The van der Waals surface area contributed by atoms with Gasteiger partial charge in [-0.15, -0.1) is 0 Å².